The zero-order chi connectivity index (χ0) is 15.7. The first-order valence-electron chi connectivity index (χ1n) is 8.57. The van der Waals surface area contributed by atoms with Gasteiger partial charge in [-0.15, -0.1) is 0 Å². The van der Waals surface area contributed by atoms with E-state index in [2.05, 4.69) is 23.8 Å². The normalized spacial score (nSPS) is 23.8. The summed E-state index contributed by atoms with van der Waals surface area (Å²) in [6.45, 7) is 8.57. The number of hydrogen-bond donors (Lipinski definition) is 0. The molecule has 1 aliphatic carbocycles. The van der Waals surface area contributed by atoms with Gasteiger partial charge in [0.2, 0.25) is 0 Å². The minimum atomic E-state index is 0.0829. The second-order valence-corrected chi connectivity index (χ2v) is 7.23. The molecule has 5 heteroatoms. The number of nitrogens with zero attached hydrogens (tertiary/aromatic N) is 4. The molecule has 0 bridgehead atoms. The van der Waals surface area contributed by atoms with Crippen LogP contribution in [0, 0.1) is 11.8 Å². The van der Waals surface area contributed by atoms with Crippen molar-refractivity contribution in [2.24, 2.45) is 18.9 Å². The van der Waals surface area contributed by atoms with E-state index in [0.29, 0.717) is 17.7 Å². The van der Waals surface area contributed by atoms with E-state index in [9.17, 15) is 4.79 Å². The van der Waals surface area contributed by atoms with Gasteiger partial charge in [-0.3, -0.25) is 14.4 Å². The van der Waals surface area contributed by atoms with Gasteiger partial charge in [0.25, 0.3) is 5.91 Å². The van der Waals surface area contributed by atoms with Crippen LogP contribution in [-0.2, 0) is 7.05 Å². The Kier molecular flexibility index (Phi) is 4.52. The predicted molar refractivity (Wildman–Crippen MR) is 86.7 cm³/mol. The van der Waals surface area contributed by atoms with Crippen LogP contribution in [-0.4, -0.2) is 57.7 Å². The third-order valence-corrected chi connectivity index (χ3v) is 4.93. The van der Waals surface area contributed by atoms with E-state index >= 15 is 0 Å². The number of hydrogen-bond acceptors (Lipinski definition) is 3. The van der Waals surface area contributed by atoms with E-state index in [-0.39, 0.29) is 5.91 Å². The van der Waals surface area contributed by atoms with Gasteiger partial charge in [0, 0.05) is 45.5 Å². The number of carbonyl (C=O) groups excluding carboxylic acids is 1. The molecule has 2 fully saturated rings. The molecule has 0 spiro atoms. The summed E-state index contributed by atoms with van der Waals surface area (Å²) in [5.41, 5.74) is 0.570. The summed E-state index contributed by atoms with van der Waals surface area (Å²) in [4.78, 5) is 17.4. The number of aromatic nitrogens is 2. The Morgan fingerprint density at radius 3 is 2.73 bits per heavy atom. The Hall–Kier alpha value is -1.36. The highest BCUT2D eigenvalue weighted by molar-refractivity contribution is 5.92. The van der Waals surface area contributed by atoms with Gasteiger partial charge in [0.1, 0.15) is 5.69 Å². The average Bonchev–Trinajstić information content (AvgIpc) is 3.23. The van der Waals surface area contributed by atoms with E-state index in [1.807, 2.05) is 24.2 Å². The molecule has 1 saturated heterocycles. The van der Waals surface area contributed by atoms with Crippen molar-refractivity contribution in [1.82, 2.24) is 19.6 Å². The van der Waals surface area contributed by atoms with E-state index in [0.717, 1.165) is 32.0 Å². The minimum Gasteiger partial charge on any atom is -0.336 e. The highest BCUT2D eigenvalue weighted by atomic mass is 16.2. The van der Waals surface area contributed by atoms with Crippen molar-refractivity contribution in [3.05, 3.63) is 18.0 Å². The zero-order valence-corrected chi connectivity index (χ0v) is 14.0. The molecule has 1 aromatic rings. The standard InChI is InChI=1S/C17H28N4O/c1-13(2)16-12-21(17(22)15-7-10-19(3)18-15)9-4-8-20(16)11-14-5-6-14/h7,10,13-14,16H,4-6,8-9,11-12H2,1-3H3/t16-/m0/s1. The van der Waals surface area contributed by atoms with Crippen molar-refractivity contribution >= 4 is 5.91 Å². The SMILES string of the molecule is CC(C)[C@@H]1CN(C(=O)c2ccn(C)n2)CCCN1CC1CC1. The van der Waals surface area contributed by atoms with Gasteiger partial charge in [0.05, 0.1) is 0 Å². The lowest BCUT2D eigenvalue weighted by Crippen LogP contribution is -2.46. The predicted octanol–water partition coefficient (Wildman–Crippen LogP) is 2.00. The lowest BCUT2D eigenvalue weighted by atomic mass is 10.0. The maximum absolute atomic E-state index is 12.7. The maximum atomic E-state index is 12.7. The topological polar surface area (TPSA) is 41.4 Å². The molecule has 1 atom stereocenters. The van der Waals surface area contributed by atoms with Gasteiger partial charge in [-0.05, 0) is 37.2 Å². The second-order valence-electron chi connectivity index (χ2n) is 7.23. The van der Waals surface area contributed by atoms with E-state index in [1.165, 1.54) is 19.4 Å². The fourth-order valence-electron chi connectivity index (χ4n) is 3.43. The Morgan fingerprint density at radius 2 is 2.14 bits per heavy atom. The minimum absolute atomic E-state index is 0.0829. The van der Waals surface area contributed by atoms with Crippen molar-refractivity contribution in [1.29, 1.82) is 0 Å². The van der Waals surface area contributed by atoms with Gasteiger partial charge in [-0.2, -0.15) is 5.10 Å². The molecule has 122 valence electrons. The quantitative estimate of drug-likeness (QED) is 0.854. The van der Waals surface area contributed by atoms with Gasteiger partial charge in [-0.25, -0.2) is 0 Å². The van der Waals surface area contributed by atoms with Crippen molar-refractivity contribution in [2.45, 2.75) is 39.2 Å². The molecule has 0 aromatic carbocycles. The van der Waals surface area contributed by atoms with Crippen LogP contribution in [0.5, 0.6) is 0 Å². The third-order valence-electron chi connectivity index (χ3n) is 4.93. The average molecular weight is 304 g/mol. The van der Waals surface area contributed by atoms with Crippen LogP contribution < -0.4 is 0 Å². The summed E-state index contributed by atoms with van der Waals surface area (Å²) >= 11 is 0. The first kappa shape index (κ1) is 15.5. The van der Waals surface area contributed by atoms with Gasteiger partial charge < -0.3 is 4.90 Å². The zero-order valence-electron chi connectivity index (χ0n) is 14.0. The van der Waals surface area contributed by atoms with Crippen LogP contribution in [0.15, 0.2) is 12.3 Å². The molecule has 1 aliphatic heterocycles. The monoisotopic (exact) mass is 304 g/mol. The van der Waals surface area contributed by atoms with Crippen LogP contribution in [0.4, 0.5) is 0 Å². The molecule has 0 radical (unpaired) electrons. The largest absolute Gasteiger partial charge is 0.336 e. The first-order chi connectivity index (χ1) is 10.5. The summed E-state index contributed by atoms with van der Waals surface area (Å²) in [6.07, 6.45) is 5.68. The van der Waals surface area contributed by atoms with Crippen molar-refractivity contribution in [3.63, 3.8) is 0 Å². The number of aryl methyl sites for hydroxylation is 1. The molecule has 22 heavy (non-hydrogen) atoms. The van der Waals surface area contributed by atoms with Crippen molar-refractivity contribution < 1.29 is 4.79 Å². The van der Waals surface area contributed by atoms with E-state index < -0.39 is 0 Å². The van der Waals surface area contributed by atoms with E-state index in [1.54, 1.807) is 4.68 Å². The number of rotatable bonds is 4. The highest BCUT2D eigenvalue weighted by Gasteiger charge is 2.33. The second kappa shape index (κ2) is 6.41. The molecular formula is C17H28N4O. The fourth-order valence-corrected chi connectivity index (χ4v) is 3.43. The molecule has 1 saturated carbocycles. The van der Waals surface area contributed by atoms with Crippen LogP contribution in [0.3, 0.4) is 0 Å². The summed E-state index contributed by atoms with van der Waals surface area (Å²) in [7, 11) is 1.85. The Labute approximate surface area is 133 Å². The van der Waals surface area contributed by atoms with Crippen LogP contribution in [0.25, 0.3) is 0 Å². The van der Waals surface area contributed by atoms with Crippen molar-refractivity contribution in [3.8, 4) is 0 Å². The maximum Gasteiger partial charge on any atom is 0.274 e. The van der Waals surface area contributed by atoms with Crippen LogP contribution in [0.2, 0.25) is 0 Å². The summed E-state index contributed by atoms with van der Waals surface area (Å²) in [5, 5.41) is 4.28. The molecule has 0 unspecified atom stereocenters. The molecule has 3 rings (SSSR count). The Bertz CT molecular complexity index is 520. The lowest BCUT2D eigenvalue weighted by Gasteiger charge is -2.34. The molecular weight excluding hydrogens is 276 g/mol. The molecule has 5 nitrogen and oxygen atoms in total. The third kappa shape index (κ3) is 3.51. The Balaban J connectivity index is 1.71. The summed E-state index contributed by atoms with van der Waals surface area (Å²) in [5.74, 6) is 1.55. The number of amides is 1. The molecule has 1 aromatic heterocycles. The van der Waals surface area contributed by atoms with Crippen LogP contribution in [0.1, 0.15) is 43.6 Å². The summed E-state index contributed by atoms with van der Waals surface area (Å²) in [6, 6.07) is 2.29. The van der Waals surface area contributed by atoms with E-state index in [4.69, 9.17) is 0 Å². The van der Waals surface area contributed by atoms with Gasteiger partial charge in [0.15, 0.2) is 0 Å². The lowest BCUT2D eigenvalue weighted by molar-refractivity contribution is 0.0698. The first-order valence-corrected chi connectivity index (χ1v) is 8.57. The fraction of sp³-hybridized carbons (Fsp3) is 0.765. The Morgan fingerprint density at radius 1 is 1.36 bits per heavy atom. The molecule has 2 aliphatic rings. The molecule has 0 N–H and O–H groups in total. The summed E-state index contributed by atoms with van der Waals surface area (Å²) < 4.78 is 1.70. The molecule has 2 heterocycles. The van der Waals surface area contributed by atoms with Gasteiger partial charge in [-0.1, -0.05) is 13.8 Å². The highest BCUT2D eigenvalue weighted by Crippen LogP contribution is 2.32. The van der Waals surface area contributed by atoms with Gasteiger partial charge >= 0.3 is 0 Å². The smallest absolute Gasteiger partial charge is 0.274 e. The van der Waals surface area contributed by atoms with Crippen LogP contribution >= 0.6 is 0 Å². The molecule has 1 amide bonds. The number of carbonyl (C=O) groups is 1. The van der Waals surface area contributed by atoms with Crippen molar-refractivity contribution in [2.75, 3.05) is 26.2 Å².